The Bertz CT molecular complexity index is 1090. The standard InChI is InChI=1S/C23H25N3O4/c1-6-29-20(27)17-13(3)30-19(25)16(11-24)23(17)15-9-7-8-14-12(2)10-22(4,5)26(18(14)15)21(23)28/h7-9,12H,6,10,25H2,1-5H3/t12-,23+/m1/s1. The third-order valence-corrected chi connectivity index (χ3v) is 6.36. The molecule has 3 aliphatic rings. The van der Waals surface area contributed by atoms with E-state index >= 15 is 0 Å². The SMILES string of the molecule is CCOC(=O)C1=C(C)OC(N)=C(C#N)[C@]12C(=O)N1c3c(cccc32)[C@H](C)CC1(C)C. The van der Waals surface area contributed by atoms with E-state index in [1.807, 2.05) is 26.0 Å². The molecule has 0 unspecified atom stereocenters. The van der Waals surface area contributed by atoms with Crippen molar-refractivity contribution in [2.75, 3.05) is 11.5 Å². The first-order valence-electron chi connectivity index (χ1n) is 10.1. The highest BCUT2D eigenvalue weighted by molar-refractivity contribution is 6.20. The average molecular weight is 407 g/mol. The van der Waals surface area contributed by atoms with Crippen LogP contribution in [-0.2, 0) is 24.5 Å². The maximum absolute atomic E-state index is 14.2. The fourth-order valence-electron chi connectivity index (χ4n) is 5.39. The summed E-state index contributed by atoms with van der Waals surface area (Å²) in [5, 5.41) is 10.1. The summed E-state index contributed by atoms with van der Waals surface area (Å²) >= 11 is 0. The third-order valence-electron chi connectivity index (χ3n) is 6.36. The molecule has 4 rings (SSSR count). The van der Waals surface area contributed by atoms with Crippen LogP contribution in [0.1, 0.15) is 58.1 Å². The molecule has 0 radical (unpaired) electrons. The Morgan fingerprint density at radius 2 is 2.13 bits per heavy atom. The van der Waals surface area contributed by atoms with Crippen LogP contribution in [0.3, 0.4) is 0 Å². The van der Waals surface area contributed by atoms with E-state index in [9.17, 15) is 14.9 Å². The molecule has 1 aromatic rings. The zero-order valence-corrected chi connectivity index (χ0v) is 17.8. The Labute approximate surface area is 175 Å². The molecule has 0 saturated heterocycles. The van der Waals surface area contributed by atoms with E-state index in [-0.39, 0.29) is 41.2 Å². The van der Waals surface area contributed by atoms with Crippen LogP contribution in [0, 0.1) is 11.3 Å². The molecule has 3 aliphatic heterocycles. The second kappa shape index (κ2) is 6.36. The molecule has 1 spiro atoms. The number of carbonyl (C=O) groups excluding carboxylic acids is 2. The Balaban J connectivity index is 2.15. The van der Waals surface area contributed by atoms with Gasteiger partial charge in [-0.1, -0.05) is 25.1 Å². The predicted molar refractivity (Wildman–Crippen MR) is 110 cm³/mol. The van der Waals surface area contributed by atoms with E-state index in [0.29, 0.717) is 5.56 Å². The Morgan fingerprint density at radius 3 is 2.77 bits per heavy atom. The van der Waals surface area contributed by atoms with Crippen molar-refractivity contribution in [3.05, 3.63) is 52.1 Å². The molecule has 2 atom stereocenters. The van der Waals surface area contributed by atoms with Gasteiger partial charge in [-0.3, -0.25) is 4.79 Å². The predicted octanol–water partition coefficient (Wildman–Crippen LogP) is 3.12. The lowest BCUT2D eigenvalue weighted by Gasteiger charge is -2.44. The van der Waals surface area contributed by atoms with Crippen molar-refractivity contribution in [3.63, 3.8) is 0 Å². The van der Waals surface area contributed by atoms with Crippen LogP contribution in [0.15, 0.2) is 41.0 Å². The van der Waals surface area contributed by atoms with Gasteiger partial charge >= 0.3 is 5.97 Å². The van der Waals surface area contributed by atoms with Crippen LogP contribution in [-0.4, -0.2) is 24.0 Å². The van der Waals surface area contributed by atoms with Crippen molar-refractivity contribution in [3.8, 4) is 6.07 Å². The van der Waals surface area contributed by atoms with Crippen molar-refractivity contribution < 1.29 is 19.1 Å². The lowest BCUT2D eigenvalue weighted by Crippen LogP contribution is -2.55. The number of hydrogen-bond acceptors (Lipinski definition) is 6. The molecule has 7 nitrogen and oxygen atoms in total. The average Bonchev–Trinajstić information content (AvgIpc) is 2.91. The van der Waals surface area contributed by atoms with Gasteiger partial charge < -0.3 is 20.1 Å². The van der Waals surface area contributed by atoms with Gasteiger partial charge in [0.15, 0.2) is 5.41 Å². The zero-order chi connectivity index (χ0) is 22.0. The molecule has 0 aromatic heterocycles. The number of allylic oxidation sites excluding steroid dienone is 1. The fraction of sp³-hybridized carbons (Fsp3) is 0.435. The smallest absolute Gasteiger partial charge is 0.339 e. The highest BCUT2D eigenvalue weighted by atomic mass is 16.5. The maximum atomic E-state index is 14.2. The molecule has 30 heavy (non-hydrogen) atoms. The van der Waals surface area contributed by atoms with E-state index in [4.69, 9.17) is 15.2 Å². The van der Waals surface area contributed by atoms with Crippen LogP contribution in [0.25, 0.3) is 0 Å². The Hall–Kier alpha value is -3.27. The minimum atomic E-state index is -1.68. The van der Waals surface area contributed by atoms with Gasteiger partial charge in [0.2, 0.25) is 11.8 Å². The molecule has 0 bridgehead atoms. The number of nitrogens with two attached hydrogens (primary N) is 1. The summed E-state index contributed by atoms with van der Waals surface area (Å²) in [4.78, 5) is 29.1. The number of amides is 1. The number of anilines is 1. The van der Waals surface area contributed by atoms with Gasteiger partial charge in [-0.2, -0.15) is 5.26 Å². The first-order chi connectivity index (χ1) is 14.1. The van der Waals surface area contributed by atoms with E-state index in [2.05, 4.69) is 13.0 Å². The quantitative estimate of drug-likeness (QED) is 0.755. The molecule has 1 amide bonds. The molecule has 0 fully saturated rings. The number of carbonyl (C=O) groups is 2. The fourth-order valence-corrected chi connectivity index (χ4v) is 5.39. The van der Waals surface area contributed by atoms with E-state index in [1.54, 1.807) is 24.8 Å². The van der Waals surface area contributed by atoms with E-state index in [1.165, 1.54) is 0 Å². The van der Waals surface area contributed by atoms with Crippen LogP contribution in [0.5, 0.6) is 0 Å². The van der Waals surface area contributed by atoms with Gasteiger partial charge in [0.1, 0.15) is 23.0 Å². The molecule has 3 heterocycles. The number of hydrogen-bond donors (Lipinski definition) is 1. The highest BCUT2D eigenvalue weighted by Gasteiger charge is 2.65. The monoisotopic (exact) mass is 407 g/mol. The van der Waals surface area contributed by atoms with Gasteiger partial charge in [-0.05, 0) is 45.6 Å². The van der Waals surface area contributed by atoms with Crippen molar-refractivity contribution in [1.82, 2.24) is 0 Å². The first-order valence-corrected chi connectivity index (χ1v) is 10.1. The lowest BCUT2D eigenvalue weighted by atomic mass is 9.68. The number of rotatable bonds is 2. The van der Waals surface area contributed by atoms with Crippen molar-refractivity contribution in [2.45, 2.75) is 57.9 Å². The highest BCUT2D eigenvalue weighted by Crippen LogP contribution is 2.59. The van der Waals surface area contributed by atoms with Crippen LogP contribution in [0.4, 0.5) is 5.69 Å². The number of nitriles is 1. The number of para-hydroxylation sites is 1. The summed E-state index contributed by atoms with van der Waals surface area (Å²) in [5.41, 5.74) is 6.20. The second-order valence-corrected chi connectivity index (χ2v) is 8.66. The summed E-state index contributed by atoms with van der Waals surface area (Å²) < 4.78 is 10.8. The topological polar surface area (TPSA) is 106 Å². The van der Waals surface area contributed by atoms with Crippen molar-refractivity contribution in [2.24, 2.45) is 5.73 Å². The summed E-state index contributed by atoms with van der Waals surface area (Å²) in [7, 11) is 0. The molecule has 0 aliphatic carbocycles. The first kappa shape index (κ1) is 20.0. The summed E-state index contributed by atoms with van der Waals surface area (Å²) in [6.45, 7) is 9.50. The normalized spacial score (nSPS) is 26.5. The van der Waals surface area contributed by atoms with Gasteiger partial charge in [-0.15, -0.1) is 0 Å². The Morgan fingerprint density at radius 1 is 1.43 bits per heavy atom. The number of benzene rings is 1. The number of esters is 1. The number of fused-ring (bicyclic) bond motifs is 1. The summed E-state index contributed by atoms with van der Waals surface area (Å²) in [6.07, 6.45) is 0.750. The minimum Gasteiger partial charge on any atom is -0.462 e. The Kier molecular flexibility index (Phi) is 4.25. The van der Waals surface area contributed by atoms with Crippen molar-refractivity contribution in [1.29, 1.82) is 5.26 Å². The van der Waals surface area contributed by atoms with Crippen LogP contribution in [0.2, 0.25) is 0 Å². The largest absolute Gasteiger partial charge is 0.462 e. The summed E-state index contributed by atoms with van der Waals surface area (Å²) in [6, 6.07) is 7.73. The van der Waals surface area contributed by atoms with Gasteiger partial charge in [0.25, 0.3) is 0 Å². The number of ether oxygens (including phenoxy) is 2. The van der Waals surface area contributed by atoms with Gasteiger partial charge in [0, 0.05) is 11.1 Å². The lowest BCUT2D eigenvalue weighted by molar-refractivity contribution is -0.141. The van der Waals surface area contributed by atoms with Gasteiger partial charge in [0.05, 0.1) is 12.3 Å². The molecular weight excluding hydrogens is 382 g/mol. The van der Waals surface area contributed by atoms with E-state index in [0.717, 1.165) is 17.7 Å². The number of nitrogens with zero attached hydrogens (tertiary/aromatic N) is 2. The zero-order valence-electron chi connectivity index (χ0n) is 17.8. The molecule has 7 heteroatoms. The third kappa shape index (κ3) is 2.25. The molecule has 1 aromatic carbocycles. The van der Waals surface area contributed by atoms with Crippen LogP contribution < -0.4 is 10.6 Å². The maximum Gasteiger partial charge on any atom is 0.339 e. The summed E-state index contributed by atoms with van der Waals surface area (Å²) in [5.74, 6) is -0.850. The molecule has 156 valence electrons. The van der Waals surface area contributed by atoms with Crippen LogP contribution >= 0.6 is 0 Å². The van der Waals surface area contributed by atoms with Crippen molar-refractivity contribution >= 4 is 17.6 Å². The molecular formula is C23H25N3O4. The van der Waals surface area contributed by atoms with E-state index < -0.39 is 16.9 Å². The minimum absolute atomic E-state index is 0.0198. The molecule has 2 N–H and O–H groups in total. The van der Waals surface area contributed by atoms with Gasteiger partial charge in [-0.25, -0.2) is 4.79 Å². The molecule has 0 saturated carbocycles. The second-order valence-electron chi connectivity index (χ2n) is 8.66.